The molecule has 3 saturated carbocycles. The summed E-state index contributed by atoms with van der Waals surface area (Å²) in [5, 5.41) is 29.6. The highest BCUT2D eigenvalue weighted by Gasteiger charge is 2.53. The zero-order valence-corrected chi connectivity index (χ0v) is 15.5. The van der Waals surface area contributed by atoms with Gasteiger partial charge < -0.3 is 15.6 Å². The van der Waals surface area contributed by atoms with Gasteiger partial charge in [-0.1, -0.05) is 0 Å². The van der Waals surface area contributed by atoms with Crippen LogP contribution in [-0.4, -0.2) is 37.9 Å². The molecule has 2 bridgehead atoms. The van der Waals surface area contributed by atoms with E-state index in [1.165, 1.54) is 25.0 Å². The second-order valence-corrected chi connectivity index (χ2v) is 9.05. The van der Waals surface area contributed by atoms with Crippen LogP contribution in [0.5, 0.6) is 0 Å². The van der Waals surface area contributed by atoms with Crippen molar-refractivity contribution in [3.63, 3.8) is 0 Å². The molecule has 0 spiro atoms. The number of hydrogen-bond donors (Lipinski definition) is 2. The third kappa shape index (κ3) is 2.21. The van der Waals surface area contributed by atoms with Crippen LogP contribution in [0.4, 0.5) is 0 Å². The lowest BCUT2D eigenvalue weighted by atomic mass is 9.81. The zero-order chi connectivity index (χ0) is 19.0. The first-order valence-electron chi connectivity index (χ1n) is 10.2. The van der Waals surface area contributed by atoms with Crippen molar-refractivity contribution in [2.75, 3.05) is 6.61 Å². The van der Waals surface area contributed by atoms with Crippen LogP contribution in [0.1, 0.15) is 59.8 Å². The monoisotopic (exact) mass is 381 g/mol. The molecule has 4 aliphatic carbocycles. The highest BCUT2D eigenvalue weighted by atomic mass is 16.5. The van der Waals surface area contributed by atoms with Gasteiger partial charge in [0.2, 0.25) is 12.0 Å². The number of aliphatic hydroxyl groups excluding tert-OH is 1. The van der Waals surface area contributed by atoms with Crippen LogP contribution in [0.2, 0.25) is 0 Å². The van der Waals surface area contributed by atoms with Crippen LogP contribution >= 0.6 is 0 Å². The Kier molecular flexibility index (Phi) is 3.25. The normalized spacial score (nSPS) is 34.3. The second kappa shape index (κ2) is 5.53. The summed E-state index contributed by atoms with van der Waals surface area (Å²) >= 11 is 0. The number of amides is 1. The molecule has 2 heterocycles. The summed E-state index contributed by atoms with van der Waals surface area (Å²) in [5.41, 5.74) is 1.93. The van der Waals surface area contributed by atoms with Gasteiger partial charge in [-0.15, -0.1) is 0 Å². The number of carbonyl (C=O) groups excluding carboxylic acids is 1. The Morgan fingerprint density at radius 3 is 3.04 bits per heavy atom. The molecule has 0 saturated heterocycles. The minimum Gasteiger partial charge on any atom is -0.619 e. The zero-order valence-electron chi connectivity index (χ0n) is 15.5. The molecule has 3 fully saturated rings. The summed E-state index contributed by atoms with van der Waals surface area (Å²) in [4.78, 5) is 17.5. The fraction of sp³-hybridized carbons (Fsp3) is 0.600. The minimum absolute atomic E-state index is 0.0233. The summed E-state index contributed by atoms with van der Waals surface area (Å²) < 4.78 is 2.38. The number of aliphatic hydroxyl groups is 1. The van der Waals surface area contributed by atoms with E-state index in [2.05, 4.69) is 15.4 Å². The molecule has 2 aromatic rings. The fourth-order valence-corrected chi connectivity index (χ4v) is 6.06. The molecule has 1 amide bonds. The number of rotatable bonds is 4. The number of aromatic nitrogens is 4. The van der Waals surface area contributed by atoms with Gasteiger partial charge in [0.1, 0.15) is 0 Å². The maximum atomic E-state index is 13.2. The third-order valence-corrected chi connectivity index (χ3v) is 7.48. The first-order valence-corrected chi connectivity index (χ1v) is 10.2. The van der Waals surface area contributed by atoms with Crippen LogP contribution < -0.4 is 10.0 Å². The molecule has 2 aromatic heterocycles. The van der Waals surface area contributed by atoms with Gasteiger partial charge in [0.15, 0.2) is 11.9 Å². The van der Waals surface area contributed by atoms with Gasteiger partial charge in [-0.3, -0.25) is 4.79 Å². The van der Waals surface area contributed by atoms with Gasteiger partial charge in [-0.05, 0) is 56.3 Å². The molecule has 146 valence electrons. The minimum atomic E-state index is -0.513. The largest absolute Gasteiger partial charge is 0.619 e. The predicted octanol–water partition coefficient (Wildman–Crippen LogP) is 0.841. The number of nitrogens with zero attached hydrogens (tertiary/aromatic N) is 4. The number of nitrogens with one attached hydrogen (secondary N) is 1. The Hall–Kier alpha value is -2.48. The van der Waals surface area contributed by atoms with Crippen molar-refractivity contribution in [2.45, 2.75) is 50.0 Å². The molecule has 4 aliphatic rings. The van der Waals surface area contributed by atoms with Crippen LogP contribution in [-0.2, 0) is 6.42 Å². The average Bonchev–Trinajstić information content (AvgIpc) is 3.07. The smallest absolute Gasteiger partial charge is 0.272 e. The molecular weight excluding hydrogens is 358 g/mol. The fourth-order valence-electron chi connectivity index (χ4n) is 6.06. The highest BCUT2D eigenvalue weighted by Crippen LogP contribution is 2.57. The Labute approximate surface area is 162 Å². The first kappa shape index (κ1) is 16.5. The Morgan fingerprint density at radius 1 is 1.43 bits per heavy atom. The van der Waals surface area contributed by atoms with Crippen LogP contribution in [0.25, 0.3) is 5.82 Å². The van der Waals surface area contributed by atoms with E-state index in [4.69, 9.17) is 0 Å². The first-order chi connectivity index (χ1) is 13.6. The van der Waals surface area contributed by atoms with Crippen molar-refractivity contribution in [3.8, 4) is 5.82 Å². The van der Waals surface area contributed by atoms with E-state index in [9.17, 15) is 15.1 Å². The molecule has 6 rings (SSSR count). The van der Waals surface area contributed by atoms with Crippen LogP contribution in [0.15, 0.2) is 18.6 Å². The van der Waals surface area contributed by atoms with Crippen molar-refractivity contribution in [3.05, 3.63) is 40.7 Å². The van der Waals surface area contributed by atoms with E-state index in [1.807, 2.05) is 0 Å². The summed E-state index contributed by atoms with van der Waals surface area (Å²) in [6, 6.07) is 0. The molecule has 0 radical (unpaired) electrons. The number of hydrogen-bond acceptors (Lipinski definition) is 5. The van der Waals surface area contributed by atoms with Crippen molar-refractivity contribution < 1.29 is 14.6 Å². The van der Waals surface area contributed by atoms with Gasteiger partial charge in [0.05, 0.1) is 24.0 Å². The van der Waals surface area contributed by atoms with E-state index < -0.39 is 5.54 Å². The molecule has 5 atom stereocenters. The molecule has 28 heavy (non-hydrogen) atoms. The molecule has 2 N–H and O–H groups in total. The Balaban J connectivity index is 1.37. The standard InChI is InChI=1S/C20H23N5O3/c26-10-20(8-11-1-2-13(20)5-11)22-19(27)17-15-7-12-6-14(12)18(15)25(23-17)16-9-24(28)4-3-21-16/h3-4,9,11-14,26H,1-2,5-8,10H2,(H,22,27)/t11?,12-,13?,14-,20?/m0/s1. The maximum Gasteiger partial charge on any atom is 0.272 e. The van der Waals surface area contributed by atoms with Crippen molar-refractivity contribution in [1.82, 2.24) is 20.1 Å². The molecule has 8 heteroatoms. The van der Waals surface area contributed by atoms with Gasteiger partial charge in [-0.2, -0.15) is 9.83 Å². The Bertz CT molecular complexity index is 988. The van der Waals surface area contributed by atoms with Crippen molar-refractivity contribution in [1.29, 1.82) is 0 Å². The van der Waals surface area contributed by atoms with Gasteiger partial charge in [0.25, 0.3) is 5.91 Å². The van der Waals surface area contributed by atoms with Crippen LogP contribution in [0, 0.1) is 23.0 Å². The molecule has 8 nitrogen and oxygen atoms in total. The van der Waals surface area contributed by atoms with Gasteiger partial charge in [-0.25, -0.2) is 9.67 Å². The van der Waals surface area contributed by atoms with Crippen molar-refractivity contribution >= 4 is 5.91 Å². The lowest BCUT2D eigenvalue weighted by Crippen LogP contribution is -2.55. The predicted molar refractivity (Wildman–Crippen MR) is 97.6 cm³/mol. The van der Waals surface area contributed by atoms with Crippen LogP contribution in [0.3, 0.4) is 0 Å². The van der Waals surface area contributed by atoms with Gasteiger partial charge in [0, 0.05) is 11.5 Å². The maximum absolute atomic E-state index is 13.2. The van der Waals surface area contributed by atoms with E-state index in [1.54, 1.807) is 4.68 Å². The average molecular weight is 381 g/mol. The SMILES string of the molecule is O=C(NC1(CO)CC2CCC1C2)c1nn(-c2c[n+]([O-])ccn2)c2c1C[C@@H]1C[C@H]21. The number of carbonyl (C=O) groups is 1. The summed E-state index contributed by atoms with van der Waals surface area (Å²) in [6.07, 6.45) is 10.3. The van der Waals surface area contributed by atoms with Crippen molar-refractivity contribution in [2.24, 2.45) is 17.8 Å². The summed E-state index contributed by atoms with van der Waals surface area (Å²) in [6.45, 7) is -0.0233. The molecule has 0 aromatic carbocycles. The van der Waals surface area contributed by atoms with Gasteiger partial charge >= 0.3 is 0 Å². The second-order valence-electron chi connectivity index (χ2n) is 9.05. The molecule has 3 unspecified atom stereocenters. The Morgan fingerprint density at radius 2 is 2.32 bits per heavy atom. The number of fused-ring (bicyclic) bond motifs is 5. The lowest BCUT2D eigenvalue weighted by Gasteiger charge is -2.36. The summed E-state index contributed by atoms with van der Waals surface area (Å²) in [5.74, 6) is 2.17. The third-order valence-electron chi connectivity index (χ3n) is 7.48. The van der Waals surface area contributed by atoms with E-state index >= 15 is 0 Å². The topological polar surface area (TPSA) is 107 Å². The highest BCUT2D eigenvalue weighted by molar-refractivity contribution is 5.95. The van der Waals surface area contributed by atoms with E-state index in [-0.39, 0.29) is 12.5 Å². The lowest BCUT2D eigenvalue weighted by molar-refractivity contribution is -0.605. The van der Waals surface area contributed by atoms with E-state index in [0.717, 1.165) is 43.4 Å². The molecule has 0 aliphatic heterocycles. The summed E-state index contributed by atoms with van der Waals surface area (Å²) in [7, 11) is 0. The van der Waals surface area contributed by atoms with E-state index in [0.29, 0.717) is 39.9 Å². The quantitative estimate of drug-likeness (QED) is 0.603. The molecular formula is C20H23N5O3.